The first-order valence-electron chi connectivity index (χ1n) is 9.48. The summed E-state index contributed by atoms with van der Waals surface area (Å²) in [6.45, 7) is 2.75. The molecule has 29 heavy (non-hydrogen) atoms. The SMILES string of the molecule is COc1cccc(/C=C/C(=O)OC(C)C(=O)N2CCc3ccccc3C2)c1OC. The highest BCUT2D eigenvalue weighted by atomic mass is 16.5. The summed E-state index contributed by atoms with van der Waals surface area (Å²) in [4.78, 5) is 26.6. The molecule has 1 aliphatic rings. The molecule has 2 aromatic rings. The van der Waals surface area contributed by atoms with Gasteiger partial charge in [-0.2, -0.15) is 0 Å². The Morgan fingerprint density at radius 3 is 2.52 bits per heavy atom. The van der Waals surface area contributed by atoms with Crippen LogP contribution in [0.2, 0.25) is 0 Å². The first-order valence-corrected chi connectivity index (χ1v) is 9.48. The first-order chi connectivity index (χ1) is 14.0. The lowest BCUT2D eigenvalue weighted by Crippen LogP contribution is -2.42. The fourth-order valence-corrected chi connectivity index (χ4v) is 3.41. The van der Waals surface area contributed by atoms with Crippen molar-refractivity contribution in [2.45, 2.75) is 26.0 Å². The summed E-state index contributed by atoms with van der Waals surface area (Å²) in [5, 5.41) is 0. The Kier molecular flexibility index (Phi) is 6.54. The van der Waals surface area contributed by atoms with Gasteiger partial charge in [0, 0.05) is 24.7 Å². The molecule has 3 rings (SSSR count). The zero-order chi connectivity index (χ0) is 20.8. The molecule has 1 heterocycles. The van der Waals surface area contributed by atoms with Gasteiger partial charge in [-0.15, -0.1) is 0 Å². The molecule has 6 nitrogen and oxygen atoms in total. The second-order valence-electron chi connectivity index (χ2n) is 6.77. The molecule has 0 aromatic heterocycles. The van der Waals surface area contributed by atoms with Gasteiger partial charge in [0.1, 0.15) is 0 Å². The molecule has 6 heteroatoms. The number of carbonyl (C=O) groups excluding carboxylic acids is 2. The Morgan fingerprint density at radius 2 is 1.79 bits per heavy atom. The predicted molar refractivity (Wildman–Crippen MR) is 110 cm³/mol. The standard InChI is InChI=1S/C23H25NO5/c1-16(23(26)24-14-13-17-7-4-5-8-19(17)15-24)29-21(25)12-11-18-9-6-10-20(27-2)22(18)28-3/h4-12,16H,13-15H2,1-3H3/b12-11+. The number of nitrogens with zero attached hydrogens (tertiary/aromatic N) is 1. The average molecular weight is 395 g/mol. The third-order valence-electron chi connectivity index (χ3n) is 4.92. The van der Waals surface area contributed by atoms with Crippen LogP contribution in [0.5, 0.6) is 11.5 Å². The summed E-state index contributed by atoms with van der Waals surface area (Å²) in [7, 11) is 3.08. The lowest BCUT2D eigenvalue weighted by atomic mass is 9.99. The third-order valence-corrected chi connectivity index (χ3v) is 4.92. The van der Waals surface area contributed by atoms with E-state index < -0.39 is 12.1 Å². The largest absolute Gasteiger partial charge is 0.493 e. The summed E-state index contributed by atoms with van der Waals surface area (Å²) in [5.41, 5.74) is 3.07. The minimum atomic E-state index is -0.857. The highest BCUT2D eigenvalue weighted by Gasteiger charge is 2.26. The van der Waals surface area contributed by atoms with E-state index in [1.807, 2.05) is 18.2 Å². The van der Waals surface area contributed by atoms with Crippen LogP contribution in [0, 0.1) is 0 Å². The van der Waals surface area contributed by atoms with Gasteiger partial charge in [-0.3, -0.25) is 4.79 Å². The average Bonchev–Trinajstić information content (AvgIpc) is 2.76. The number of fused-ring (bicyclic) bond motifs is 1. The maximum atomic E-state index is 12.7. The van der Waals surface area contributed by atoms with Crippen molar-refractivity contribution < 1.29 is 23.8 Å². The number of amides is 1. The molecule has 0 aliphatic carbocycles. The molecule has 0 spiro atoms. The smallest absolute Gasteiger partial charge is 0.331 e. The van der Waals surface area contributed by atoms with Crippen molar-refractivity contribution in [3.8, 4) is 11.5 Å². The van der Waals surface area contributed by atoms with Gasteiger partial charge in [0.15, 0.2) is 17.6 Å². The number of carbonyl (C=O) groups is 2. The fraction of sp³-hybridized carbons (Fsp3) is 0.304. The van der Waals surface area contributed by atoms with Crippen molar-refractivity contribution in [2.75, 3.05) is 20.8 Å². The Bertz CT molecular complexity index is 921. The molecule has 0 saturated carbocycles. The number of ether oxygens (including phenoxy) is 3. The summed E-state index contributed by atoms with van der Waals surface area (Å²) >= 11 is 0. The number of esters is 1. The maximum Gasteiger partial charge on any atom is 0.331 e. The Morgan fingerprint density at radius 1 is 1.03 bits per heavy atom. The number of para-hydroxylation sites is 1. The summed E-state index contributed by atoms with van der Waals surface area (Å²) in [6.07, 6.45) is 2.81. The van der Waals surface area contributed by atoms with Crippen LogP contribution in [0.15, 0.2) is 48.5 Å². The van der Waals surface area contributed by atoms with Crippen LogP contribution in [0.3, 0.4) is 0 Å². The Labute approximate surface area is 170 Å². The fourth-order valence-electron chi connectivity index (χ4n) is 3.41. The number of rotatable bonds is 6. The van der Waals surface area contributed by atoms with E-state index in [-0.39, 0.29) is 5.91 Å². The van der Waals surface area contributed by atoms with Gasteiger partial charge >= 0.3 is 5.97 Å². The van der Waals surface area contributed by atoms with Crippen LogP contribution in [-0.4, -0.2) is 43.6 Å². The molecule has 0 bridgehead atoms. The van der Waals surface area contributed by atoms with E-state index in [9.17, 15) is 9.59 Å². The van der Waals surface area contributed by atoms with Crippen LogP contribution in [-0.2, 0) is 27.3 Å². The van der Waals surface area contributed by atoms with Crippen molar-refractivity contribution in [2.24, 2.45) is 0 Å². The van der Waals surface area contributed by atoms with Crippen molar-refractivity contribution >= 4 is 18.0 Å². The minimum absolute atomic E-state index is 0.194. The molecule has 0 fully saturated rings. The monoisotopic (exact) mass is 395 g/mol. The number of hydrogen-bond acceptors (Lipinski definition) is 5. The molecule has 1 aliphatic heterocycles. The van der Waals surface area contributed by atoms with Gasteiger partial charge in [-0.05, 0) is 36.6 Å². The third kappa shape index (κ3) is 4.77. The lowest BCUT2D eigenvalue weighted by Gasteiger charge is -2.30. The zero-order valence-corrected chi connectivity index (χ0v) is 16.9. The first kappa shape index (κ1) is 20.5. The second-order valence-corrected chi connectivity index (χ2v) is 6.77. The molecule has 2 aromatic carbocycles. The second kappa shape index (κ2) is 9.28. The van der Waals surface area contributed by atoms with E-state index in [0.717, 1.165) is 12.0 Å². The van der Waals surface area contributed by atoms with Gasteiger partial charge in [-0.25, -0.2) is 4.79 Å². The van der Waals surface area contributed by atoms with E-state index in [0.29, 0.717) is 30.2 Å². The van der Waals surface area contributed by atoms with Crippen molar-refractivity contribution in [1.82, 2.24) is 4.90 Å². The molecular formula is C23H25NO5. The highest BCUT2D eigenvalue weighted by molar-refractivity contribution is 5.91. The van der Waals surface area contributed by atoms with Gasteiger partial charge in [-0.1, -0.05) is 36.4 Å². The molecule has 0 radical (unpaired) electrons. The van der Waals surface area contributed by atoms with Crippen LogP contribution in [0.1, 0.15) is 23.6 Å². The van der Waals surface area contributed by atoms with Crippen LogP contribution >= 0.6 is 0 Å². The predicted octanol–water partition coefficient (Wildman–Crippen LogP) is 3.23. The van der Waals surface area contributed by atoms with Crippen molar-refractivity contribution in [1.29, 1.82) is 0 Å². The number of methoxy groups -OCH3 is 2. The van der Waals surface area contributed by atoms with E-state index in [1.165, 1.54) is 18.7 Å². The maximum absolute atomic E-state index is 12.7. The lowest BCUT2D eigenvalue weighted by molar-refractivity contribution is -0.155. The molecule has 152 valence electrons. The number of hydrogen-bond donors (Lipinski definition) is 0. The van der Waals surface area contributed by atoms with E-state index in [1.54, 1.807) is 43.2 Å². The molecule has 1 atom stereocenters. The van der Waals surface area contributed by atoms with Crippen LogP contribution < -0.4 is 9.47 Å². The topological polar surface area (TPSA) is 65.1 Å². The van der Waals surface area contributed by atoms with Crippen LogP contribution in [0.4, 0.5) is 0 Å². The van der Waals surface area contributed by atoms with Gasteiger partial charge in [0.05, 0.1) is 14.2 Å². The molecule has 0 saturated heterocycles. The summed E-state index contributed by atoms with van der Waals surface area (Å²) < 4.78 is 15.9. The molecule has 1 unspecified atom stereocenters. The van der Waals surface area contributed by atoms with Crippen molar-refractivity contribution in [3.05, 3.63) is 65.2 Å². The van der Waals surface area contributed by atoms with E-state index in [4.69, 9.17) is 14.2 Å². The normalized spacial score (nSPS) is 14.2. The number of benzene rings is 2. The van der Waals surface area contributed by atoms with Gasteiger partial charge in [0.25, 0.3) is 5.91 Å². The summed E-state index contributed by atoms with van der Waals surface area (Å²) in [5.74, 6) is 0.306. The van der Waals surface area contributed by atoms with Gasteiger partial charge < -0.3 is 19.1 Å². The Hall–Kier alpha value is -3.28. The van der Waals surface area contributed by atoms with E-state index >= 15 is 0 Å². The minimum Gasteiger partial charge on any atom is -0.493 e. The summed E-state index contributed by atoms with van der Waals surface area (Å²) in [6, 6.07) is 13.4. The Balaban J connectivity index is 1.61. The molecular weight excluding hydrogens is 370 g/mol. The van der Waals surface area contributed by atoms with Gasteiger partial charge in [0.2, 0.25) is 0 Å². The highest BCUT2D eigenvalue weighted by Crippen LogP contribution is 2.31. The van der Waals surface area contributed by atoms with E-state index in [2.05, 4.69) is 6.07 Å². The molecule has 0 N–H and O–H groups in total. The quantitative estimate of drug-likeness (QED) is 0.555. The molecule has 1 amide bonds. The van der Waals surface area contributed by atoms with Crippen molar-refractivity contribution in [3.63, 3.8) is 0 Å². The van der Waals surface area contributed by atoms with Crippen LogP contribution in [0.25, 0.3) is 6.08 Å². The zero-order valence-electron chi connectivity index (χ0n) is 16.9.